The highest BCUT2D eigenvalue weighted by Gasteiger charge is 2.27. The first-order chi connectivity index (χ1) is 11.9. The second-order valence-corrected chi connectivity index (χ2v) is 7.86. The van der Waals surface area contributed by atoms with Crippen molar-refractivity contribution in [3.63, 3.8) is 0 Å². The van der Waals surface area contributed by atoms with Crippen LogP contribution in [-0.4, -0.2) is 6.04 Å². The van der Waals surface area contributed by atoms with Crippen molar-refractivity contribution in [2.24, 2.45) is 0 Å². The van der Waals surface area contributed by atoms with E-state index < -0.39 is 0 Å². The Kier molecular flexibility index (Phi) is 5.01. The van der Waals surface area contributed by atoms with Crippen LogP contribution in [0.2, 0.25) is 0 Å². The molecule has 0 radical (unpaired) electrons. The van der Waals surface area contributed by atoms with Crippen molar-refractivity contribution in [3.05, 3.63) is 71.7 Å². The van der Waals surface area contributed by atoms with Gasteiger partial charge < -0.3 is 9.73 Å². The summed E-state index contributed by atoms with van der Waals surface area (Å²) in [4.78, 5) is 0. The monoisotopic (exact) mass is 335 g/mol. The van der Waals surface area contributed by atoms with E-state index in [0.717, 1.165) is 17.9 Å². The molecule has 0 fully saturated rings. The molecule has 2 heteroatoms. The number of benzene rings is 2. The highest BCUT2D eigenvalue weighted by atomic mass is 16.3. The molecule has 0 saturated carbocycles. The molecule has 0 amide bonds. The highest BCUT2D eigenvalue weighted by molar-refractivity contribution is 5.86. The maximum Gasteiger partial charge on any atom is 0.109 e. The summed E-state index contributed by atoms with van der Waals surface area (Å²) in [6.45, 7) is 11.0. The van der Waals surface area contributed by atoms with Crippen LogP contribution in [0.5, 0.6) is 0 Å². The number of rotatable bonds is 6. The minimum atomic E-state index is 0.0130. The van der Waals surface area contributed by atoms with E-state index in [1.165, 1.54) is 16.3 Å². The number of hydrogen-bond donors (Lipinski definition) is 1. The van der Waals surface area contributed by atoms with Gasteiger partial charge in [0.15, 0.2) is 0 Å². The summed E-state index contributed by atoms with van der Waals surface area (Å²) in [5.74, 6) is 2.05. The molecular formula is C23H29NO. The molecule has 0 aliphatic carbocycles. The van der Waals surface area contributed by atoms with Gasteiger partial charge in [-0.1, -0.05) is 56.3 Å². The molecule has 0 spiro atoms. The molecular weight excluding hydrogens is 306 g/mol. The molecule has 3 aromatic rings. The standard InChI is InChI=1S/C23H29NO/c1-16(15-23(4,5)22-14-13-17(2)25-22)24-18(3)20-12-8-10-19-9-6-7-11-21(19)20/h6-14,16,18,24H,15H2,1-5H3/t16-,18+/m0/s1. The van der Waals surface area contributed by atoms with Crippen LogP contribution in [-0.2, 0) is 5.41 Å². The Balaban J connectivity index is 1.73. The van der Waals surface area contributed by atoms with Gasteiger partial charge in [0.05, 0.1) is 0 Å². The van der Waals surface area contributed by atoms with Crippen LogP contribution >= 0.6 is 0 Å². The van der Waals surface area contributed by atoms with E-state index >= 15 is 0 Å². The summed E-state index contributed by atoms with van der Waals surface area (Å²) >= 11 is 0. The number of aryl methyl sites for hydroxylation is 1. The first-order valence-corrected chi connectivity index (χ1v) is 9.17. The number of nitrogens with one attached hydrogen (secondary N) is 1. The van der Waals surface area contributed by atoms with Gasteiger partial charge in [-0.2, -0.15) is 0 Å². The molecule has 2 nitrogen and oxygen atoms in total. The quantitative estimate of drug-likeness (QED) is 0.584. The smallest absolute Gasteiger partial charge is 0.109 e. The Hall–Kier alpha value is -2.06. The van der Waals surface area contributed by atoms with E-state index in [4.69, 9.17) is 4.42 Å². The molecule has 0 saturated heterocycles. The number of furan rings is 1. The average Bonchev–Trinajstić information content (AvgIpc) is 3.01. The largest absolute Gasteiger partial charge is 0.466 e. The second-order valence-electron chi connectivity index (χ2n) is 7.86. The van der Waals surface area contributed by atoms with Crippen LogP contribution in [0.15, 0.2) is 59.0 Å². The fourth-order valence-electron chi connectivity index (χ4n) is 3.87. The van der Waals surface area contributed by atoms with Crippen molar-refractivity contribution in [1.82, 2.24) is 5.32 Å². The fraction of sp³-hybridized carbons (Fsp3) is 0.391. The highest BCUT2D eigenvalue weighted by Crippen LogP contribution is 2.31. The van der Waals surface area contributed by atoms with Gasteiger partial charge in [0.25, 0.3) is 0 Å². The van der Waals surface area contributed by atoms with Gasteiger partial charge in [0, 0.05) is 17.5 Å². The van der Waals surface area contributed by atoms with Gasteiger partial charge in [0.2, 0.25) is 0 Å². The summed E-state index contributed by atoms with van der Waals surface area (Å²) in [6.07, 6.45) is 1.02. The molecule has 1 heterocycles. The predicted octanol–water partition coefficient (Wildman–Crippen LogP) is 6.15. The van der Waals surface area contributed by atoms with Crippen LogP contribution in [0.4, 0.5) is 0 Å². The van der Waals surface area contributed by atoms with Gasteiger partial charge in [-0.15, -0.1) is 0 Å². The normalized spacial score (nSPS) is 14.6. The zero-order valence-electron chi connectivity index (χ0n) is 16.0. The third-order valence-electron chi connectivity index (χ3n) is 5.05. The maximum atomic E-state index is 5.87. The minimum Gasteiger partial charge on any atom is -0.466 e. The summed E-state index contributed by atoms with van der Waals surface area (Å²) in [6, 6.07) is 20.0. The topological polar surface area (TPSA) is 25.2 Å². The van der Waals surface area contributed by atoms with Crippen LogP contribution in [0, 0.1) is 6.92 Å². The Labute approximate surface area is 151 Å². The summed E-state index contributed by atoms with van der Waals surface area (Å²) < 4.78 is 5.87. The molecule has 0 aliphatic rings. The lowest BCUT2D eigenvalue weighted by Gasteiger charge is -2.29. The summed E-state index contributed by atoms with van der Waals surface area (Å²) in [5.41, 5.74) is 1.37. The van der Waals surface area contributed by atoms with Crippen LogP contribution in [0.1, 0.15) is 57.2 Å². The van der Waals surface area contributed by atoms with Gasteiger partial charge >= 0.3 is 0 Å². The van der Waals surface area contributed by atoms with E-state index in [2.05, 4.69) is 81.5 Å². The number of hydrogen-bond acceptors (Lipinski definition) is 2. The van der Waals surface area contributed by atoms with Gasteiger partial charge in [-0.05, 0) is 55.7 Å². The lowest BCUT2D eigenvalue weighted by atomic mass is 9.83. The second kappa shape index (κ2) is 7.05. The van der Waals surface area contributed by atoms with E-state index in [0.29, 0.717) is 12.1 Å². The predicted molar refractivity (Wildman–Crippen MR) is 106 cm³/mol. The number of fused-ring (bicyclic) bond motifs is 1. The minimum absolute atomic E-state index is 0.0130. The maximum absolute atomic E-state index is 5.87. The first-order valence-electron chi connectivity index (χ1n) is 9.17. The molecule has 0 unspecified atom stereocenters. The first kappa shape index (κ1) is 17.8. The van der Waals surface area contributed by atoms with E-state index in [9.17, 15) is 0 Å². The van der Waals surface area contributed by atoms with Crippen molar-refractivity contribution in [2.75, 3.05) is 0 Å². The third kappa shape index (κ3) is 3.96. The van der Waals surface area contributed by atoms with E-state index in [-0.39, 0.29) is 5.41 Å². The van der Waals surface area contributed by atoms with Crippen molar-refractivity contribution in [2.45, 2.75) is 58.5 Å². The molecule has 3 rings (SSSR count). The van der Waals surface area contributed by atoms with Crippen molar-refractivity contribution < 1.29 is 4.42 Å². The molecule has 0 bridgehead atoms. The lowest BCUT2D eigenvalue weighted by Crippen LogP contribution is -2.34. The zero-order chi connectivity index (χ0) is 18.0. The van der Waals surface area contributed by atoms with Crippen molar-refractivity contribution >= 4 is 10.8 Å². The SMILES string of the molecule is Cc1ccc(C(C)(C)C[C@H](C)N[C@H](C)c2cccc3ccccc23)o1. The van der Waals surface area contributed by atoms with E-state index in [1.54, 1.807) is 0 Å². The van der Waals surface area contributed by atoms with Gasteiger partial charge in [-0.25, -0.2) is 0 Å². The zero-order valence-corrected chi connectivity index (χ0v) is 16.0. The molecule has 0 aliphatic heterocycles. The van der Waals surface area contributed by atoms with Crippen molar-refractivity contribution in [1.29, 1.82) is 0 Å². The Morgan fingerprint density at radius 2 is 1.68 bits per heavy atom. The Morgan fingerprint density at radius 1 is 0.960 bits per heavy atom. The van der Waals surface area contributed by atoms with Crippen LogP contribution in [0.25, 0.3) is 10.8 Å². The Morgan fingerprint density at radius 3 is 2.40 bits per heavy atom. The molecule has 1 aromatic heterocycles. The van der Waals surface area contributed by atoms with Gasteiger partial charge in [0.1, 0.15) is 11.5 Å². The molecule has 25 heavy (non-hydrogen) atoms. The molecule has 2 atom stereocenters. The van der Waals surface area contributed by atoms with E-state index in [1.807, 2.05) is 13.0 Å². The van der Waals surface area contributed by atoms with Crippen LogP contribution in [0.3, 0.4) is 0 Å². The van der Waals surface area contributed by atoms with Crippen LogP contribution < -0.4 is 5.32 Å². The van der Waals surface area contributed by atoms with Gasteiger partial charge in [-0.3, -0.25) is 0 Å². The molecule has 2 aromatic carbocycles. The molecule has 1 N–H and O–H groups in total. The Bertz CT molecular complexity index is 841. The molecule has 132 valence electrons. The summed E-state index contributed by atoms with van der Waals surface area (Å²) in [5, 5.41) is 6.41. The van der Waals surface area contributed by atoms with Crippen molar-refractivity contribution in [3.8, 4) is 0 Å². The summed E-state index contributed by atoms with van der Waals surface area (Å²) in [7, 11) is 0. The third-order valence-corrected chi connectivity index (χ3v) is 5.05. The fourth-order valence-corrected chi connectivity index (χ4v) is 3.87. The lowest BCUT2D eigenvalue weighted by molar-refractivity contribution is 0.310. The average molecular weight is 335 g/mol.